The van der Waals surface area contributed by atoms with Crippen molar-refractivity contribution in [2.45, 2.75) is 30.2 Å². The number of ether oxygens (including phenoxy) is 2. The van der Waals surface area contributed by atoms with E-state index in [1.165, 1.54) is 4.88 Å². The third kappa shape index (κ3) is 4.41. The minimum atomic E-state index is -3.58. The van der Waals surface area contributed by atoms with Crippen molar-refractivity contribution >= 4 is 21.4 Å². The molecule has 1 aliphatic rings. The molecule has 0 amide bonds. The summed E-state index contributed by atoms with van der Waals surface area (Å²) in [7, 11) is -2.04. The average molecular weight is 382 g/mol. The van der Waals surface area contributed by atoms with Crippen LogP contribution in [0.25, 0.3) is 0 Å². The predicted octanol–water partition coefficient (Wildman–Crippen LogP) is 3.17. The lowest BCUT2D eigenvalue weighted by Gasteiger charge is -2.33. The molecule has 0 spiro atoms. The number of thiophene rings is 1. The molecule has 0 bridgehead atoms. The summed E-state index contributed by atoms with van der Waals surface area (Å²) in [6.07, 6.45) is 2.18. The number of nitrogens with zero attached hydrogens (tertiary/aromatic N) is 1. The number of benzene rings is 1. The van der Waals surface area contributed by atoms with E-state index in [9.17, 15) is 8.42 Å². The second-order valence-electron chi connectivity index (χ2n) is 5.97. The van der Waals surface area contributed by atoms with Gasteiger partial charge in [-0.2, -0.15) is 4.31 Å². The molecule has 0 radical (unpaired) electrons. The van der Waals surface area contributed by atoms with Crippen LogP contribution in [0.1, 0.15) is 17.7 Å². The van der Waals surface area contributed by atoms with E-state index in [-0.39, 0.29) is 10.9 Å². The highest BCUT2D eigenvalue weighted by molar-refractivity contribution is 7.89. The third-order valence-electron chi connectivity index (χ3n) is 4.40. The lowest BCUT2D eigenvalue weighted by molar-refractivity contribution is 0.0587. The van der Waals surface area contributed by atoms with Crippen LogP contribution in [-0.4, -0.2) is 45.6 Å². The van der Waals surface area contributed by atoms with Crippen molar-refractivity contribution in [3.8, 4) is 5.75 Å². The van der Waals surface area contributed by atoms with E-state index in [0.717, 1.165) is 19.3 Å². The molecule has 25 heavy (non-hydrogen) atoms. The van der Waals surface area contributed by atoms with Gasteiger partial charge < -0.3 is 9.47 Å². The van der Waals surface area contributed by atoms with Gasteiger partial charge in [0.05, 0.1) is 12.0 Å². The zero-order valence-corrected chi connectivity index (χ0v) is 15.9. The number of hydrogen-bond donors (Lipinski definition) is 0. The number of hydrogen-bond acceptors (Lipinski definition) is 5. The van der Waals surface area contributed by atoms with Crippen molar-refractivity contribution in [2.24, 2.45) is 0 Å². The fraction of sp³-hybridized carbons (Fsp3) is 0.444. The molecule has 7 heteroatoms. The van der Waals surface area contributed by atoms with Gasteiger partial charge in [0.15, 0.2) is 0 Å². The molecule has 3 rings (SSSR count). The van der Waals surface area contributed by atoms with Crippen LogP contribution in [0.2, 0.25) is 0 Å². The first kappa shape index (κ1) is 18.4. The highest BCUT2D eigenvalue weighted by Gasteiger charge is 2.32. The summed E-state index contributed by atoms with van der Waals surface area (Å²) < 4.78 is 38.8. The van der Waals surface area contributed by atoms with Gasteiger partial charge in [0.25, 0.3) is 0 Å². The molecule has 1 aromatic heterocycles. The summed E-state index contributed by atoms with van der Waals surface area (Å²) in [5.74, 6) is 0.547. The van der Waals surface area contributed by atoms with Gasteiger partial charge in [-0.15, -0.1) is 11.3 Å². The molecule has 1 aliphatic heterocycles. The van der Waals surface area contributed by atoms with Crippen molar-refractivity contribution in [2.75, 3.05) is 26.9 Å². The minimum Gasteiger partial charge on any atom is -0.497 e. The van der Waals surface area contributed by atoms with Crippen LogP contribution in [0.3, 0.4) is 0 Å². The Labute approximate surface area is 153 Å². The smallest absolute Gasteiger partial charge is 0.243 e. The fourth-order valence-corrected chi connectivity index (χ4v) is 5.46. The molecule has 0 aliphatic carbocycles. The van der Waals surface area contributed by atoms with Crippen LogP contribution >= 0.6 is 11.3 Å². The molecule has 2 heterocycles. The number of rotatable bonds is 7. The Morgan fingerprint density at radius 3 is 2.72 bits per heavy atom. The van der Waals surface area contributed by atoms with Crippen LogP contribution in [0.5, 0.6) is 5.75 Å². The molecule has 0 atom stereocenters. The summed E-state index contributed by atoms with van der Waals surface area (Å²) in [4.78, 5) is 1.47. The Kier molecular flexibility index (Phi) is 6.11. The van der Waals surface area contributed by atoms with E-state index in [1.54, 1.807) is 47.0 Å². The Morgan fingerprint density at radius 1 is 1.24 bits per heavy atom. The van der Waals surface area contributed by atoms with Gasteiger partial charge in [0.1, 0.15) is 5.75 Å². The van der Waals surface area contributed by atoms with Crippen molar-refractivity contribution in [1.29, 1.82) is 0 Å². The first-order valence-electron chi connectivity index (χ1n) is 8.37. The summed E-state index contributed by atoms with van der Waals surface area (Å²) in [6, 6.07) is 10.7. The lowest BCUT2D eigenvalue weighted by Crippen LogP contribution is -2.44. The van der Waals surface area contributed by atoms with Crippen LogP contribution in [-0.2, 0) is 21.2 Å². The summed E-state index contributed by atoms with van der Waals surface area (Å²) >= 11 is 1.66. The molecule has 0 unspecified atom stereocenters. The molecule has 1 aromatic carbocycles. The van der Waals surface area contributed by atoms with Gasteiger partial charge >= 0.3 is 0 Å². The number of methoxy groups -OCH3 is 1. The summed E-state index contributed by atoms with van der Waals surface area (Å²) in [5.41, 5.74) is 0. The number of sulfonamides is 1. The van der Waals surface area contributed by atoms with Gasteiger partial charge in [0, 0.05) is 36.7 Å². The van der Waals surface area contributed by atoms with Gasteiger partial charge in [-0.25, -0.2) is 8.42 Å². The monoisotopic (exact) mass is 381 g/mol. The second-order valence-corrected chi connectivity index (χ2v) is 8.89. The van der Waals surface area contributed by atoms with Gasteiger partial charge in [0.2, 0.25) is 10.0 Å². The highest BCUT2D eigenvalue weighted by Crippen LogP contribution is 2.26. The summed E-state index contributed by atoms with van der Waals surface area (Å²) in [5, 5.41) is 2.02. The van der Waals surface area contributed by atoms with Crippen LogP contribution in [0, 0.1) is 0 Å². The Balaban J connectivity index is 1.87. The molecular formula is C18H23NO4S2. The van der Waals surface area contributed by atoms with Crippen LogP contribution in [0.4, 0.5) is 0 Å². The van der Waals surface area contributed by atoms with Gasteiger partial charge in [-0.3, -0.25) is 0 Å². The van der Waals surface area contributed by atoms with Crippen molar-refractivity contribution in [3.63, 3.8) is 0 Å². The SMILES string of the molecule is COc1cccc(S(=O)(=O)N(CCc2cccs2)C2CCOCC2)c1. The van der Waals surface area contributed by atoms with Crippen molar-refractivity contribution in [1.82, 2.24) is 4.31 Å². The zero-order chi connectivity index (χ0) is 17.7. The molecule has 0 saturated carbocycles. The quantitative estimate of drug-likeness (QED) is 0.739. The van der Waals surface area contributed by atoms with E-state index >= 15 is 0 Å². The molecular weight excluding hydrogens is 358 g/mol. The maximum Gasteiger partial charge on any atom is 0.243 e. The predicted molar refractivity (Wildman–Crippen MR) is 98.7 cm³/mol. The normalized spacial score (nSPS) is 16.2. The highest BCUT2D eigenvalue weighted by atomic mass is 32.2. The van der Waals surface area contributed by atoms with Gasteiger partial charge in [-0.05, 0) is 42.8 Å². The van der Waals surface area contributed by atoms with Crippen molar-refractivity contribution in [3.05, 3.63) is 46.7 Å². The van der Waals surface area contributed by atoms with E-state index in [4.69, 9.17) is 9.47 Å². The zero-order valence-electron chi connectivity index (χ0n) is 14.3. The Morgan fingerprint density at radius 2 is 2.04 bits per heavy atom. The van der Waals surface area contributed by atoms with E-state index in [0.29, 0.717) is 25.5 Å². The first-order chi connectivity index (χ1) is 12.1. The molecule has 1 saturated heterocycles. The maximum absolute atomic E-state index is 13.3. The standard InChI is InChI=1S/C18H23NO4S2/c1-22-16-4-2-6-18(14-16)25(20,21)19(15-8-11-23-12-9-15)10-7-17-5-3-13-24-17/h2-6,13-15H,7-12H2,1H3. The van der Waals surface area contributed by atoms with Crippen molar-refractivity contribution < 1.29 is 17.9 Å². The maximum atomic E-state index is 13.3. The third-order valence-corrected chi connectivity index (χ3v) is 7.29. The Hall–Kier alpha value is -1.41. The second kappa shape index (κ2) is 8.31. The molecule has 2 aromatic rings. The minimum absolute atomic E-state index is 0.0232. The largest absolute Gasteiger partial charge is 0.497 e. The molecule has 1 fully saturated rings. The van der Waals surface area contributed by atoms with Gasteiger partial charge in [-0.1, -0.05) is 12.1 Å². The van der Waals surface area contributed by atoms with E-state index in [1.807, 2.05) is 17.5 Å². The fourth-order valence-electron chi connectivity index (χ4n) is 3.04. The molecule has 0 N–H and O–H groups in total. The molecule has 136 valence electrons. The van der Waals surface area contributed by atoms with E-state index in [2.05, 4.69) is 0 Å². The molecule has 5 nitrogen and oxygen atoms in total. The first-order valence-corrected chi connectivity index (χ1v) is 10.7. The van der Waals surface area contributed by atoms with E-state index < -0.39 is 10.0 Å². The van der Waals surface area contributed by atoms with Crippen LogP contribution < -0.4 is 4.74 Å². The topological polar surface area (TPSA) is 55.8 Å². The summed E-state index contributed by atoms with van der Waals surface area (Å²) in [6.45, 7) is 1.69. The lowest BCUT2D eigenvalue weighted by atomic mass is 10.1. The Bertz CT molecular complexity index is 768. The average Bonchev–Trinajstić information content (AvgIpc) is 3.16. The van der Waals surface area contributed by atoms with Crippen LogP contribution in [0.15, 0.2) is 46.7 Å².